The molecule has 1 unspecified atom stereocenters. The molecule has 2 aromatic rings. The highest BCUT2D eigenvalue weighted by Gasteiger charge is 2.24. The molecular weight excluding hydrogens is 370 g/mol. The van der Waals surface area contributed by atoms with Gasteiger partial charge in [0, 0.05) is 17.5 Å². The predicted molar refractivity (Wildman–Crippen MR) is 114 cm³/mol. The normalized spacial score (nSPS) is 13.5. The molecule has 0 saturated heterocycles. The summed E-state index contributed by atoms with van der Waals surface area (Å²) in [6.45, 7) is 7.95. The molecule has 0 radical (unpaired) electrons. The smallest absolute Gasteiger partial charge is 0.339 e. The van der Waals surface area contributed by atoms with Gasteiger partial charge in [-0.25, -0.2) is 4.79 Å². The standard InChI is InChI=1S/C23H33NO5/c1-5-7-8-9-10-17-15(4)16-11-12-19(25)18(21(16)29-23(17)28)13-24-20(22(26)27)14(3)6-2/h11-12,14,20,24-25H,5-10,13H2,1-4H3,(H,26,27)/t14?,20-/m0/s1. The van der Waals surface area contributed by atoms with Crippen molar-refractivity contribution < 1.29 is 19.4 Å². The van der Waals surface area contributed by atoms with Gasteiger partial charge in [0.05, 0.1) is 5.56 Å². The number of phenols is 1. The van der Waals surface area contributed by atoms with E-state index in [2.05, 4.69) is 12.2 Å². The van der Waals surface area contributed by atoms with Crippen LogP contribution in [0.4, 0.5) is 0 Å². The summed E-state index contributed by atoms with van der Waals surface area (Å²) in [7, 11) is 0. The van der Waals surface area contributed by atoms with Gasteiger partial charge in [-0.3, -0.25) is 10.1 Å². The first-order valence-electron chi connectivity index (χ1n) is 10.5. The van der Waals surface area contributed by atoms with Crippen molar-refractivity contribution in [2.75, 3.05) is 0 Å². The van der Waals surface area contributed by atoms with E-state index in [9.17, 15) is 19.8 Å². The van der Waals surface area contributed by atoms with Crippen LogP contribution < -0.4 is 10.9 Å². The lowest BCUT2D eigenvalue weighted by Gasteiger charge is -2.21. The molecule has 0 bridgehead atoms. The zero-order valence-electron chi connectivity index (χ0n) is 17.9. The number of carboxylic acids is 1. The summed E-state index contributed by atoms with van der Waals surface area (Å²) in [5.74, 6) is -1.03. The average Bonchev–Trinajstić information content (AvgIpc) is 2.68. The molecule has 0 amide bonds. The first kappa shape index (κ1) is 22.9. The van der Waals surface area contributed by atoms with Crippen LogP contribution in [0, 0.1) is 12.8 Å². The van der Waals surface area contributed by atoms with Crippen LogP contribution in [-0.4, -0.2) is 22.2 Å². The minimum absolute atomic E-state index is 0.0171. The highest BCUT2D eigenvalue weighted by Crippen LogP contribution is 2.30. The van der Waals surface area contributed by atoms with Crippen LogP contribution in [0.15, 0.2) is 21.3 Å². The maximum Gasteiger partial charge on any atom is 0.339 e. The van der Waals surface area contributed by atoms with Crippen LogP contribution in [0.5, 0.6) is 5.75 Å². The lowest BCUT2D eigenvalue weighted by atomic mass is 9.97. The van der Waals surface area contributed by atoms with Crippen LogP contribution in [0.2, 0.25) is 0 Å². The van der Waals surface area contributed by atoms with Crippen molar-refractivity contribution in [1.82, 2.24) is 5.32 Å². The first-order chi connectivity index (χ1) is 13.8. The van der Waals surface area contributed by atoms with Gasteiger partial charge >= 0.3 is 11.6 Å². The number of aryl methyl sites for hydroxylation is 1. The number of fused-ring (bicyclic) bond motifs is 1. The molecule has 29 heavy (non-hydrogen) atoms. The quantitative estimate of drug-likeness (QED) is 0.377. The molecule has 0 spiro atoms. The van der Waals surface area contributed by atoms with E-state index in [-0.39, 0.29) is 23.8 Å². The molecule has 6 nitrogen and oxygen atoms in total. The Hall–Kier alpha value is -2.34. The number of aromatic hydroxyl groups is 1. The fourth-order valence-electron chi connectivity index (χ4n) is 3.67. The van der Waals surface area contributed by atoms with E-state index >= 15 is 0 Å². The molecule has 0 aliphatic rings. The van der Waals surface area contributed by atoms with Gasteiger partial charge in [0.15, 0.2) is 0 Å². The van der Waals surface area contributed by atoms with E-state index in [1.807, 2.05) is 20.8 Å². The number of hydrogen-bond donors (Lipinski definition) is 3. The van der Waals surface area contributed by atoms with Crippen molar-refractivity contribution >= 4 is 16.9 Å². The first-order valence-corrected chi connectivity index (χ1v) is 10.5. The van der Waals surface area contributed by atoms with Crippen molar-refractivity contribution in [3.63, 3.8) is 0 Å². The Bertz CT molecular complexity index is 902. The molecule has 0 fully saturated rings. The number of aliphatic carboxylic acids is 1. The fraction of sp³-hybridized carbons (Fsp3) is 0.565. The summed E-state index contributed by atoms with van der Waals surface area (Å²) in [6.07, 6.45) is 5.67. The maximum atomic E-state index is 12.6. The second kappa shape index (κ2) is 10.4. The summed E-state index contributed by atoms with van der Waals surface area (Å²) in [5, 5.41) is 23.6. The van der Waals surface area contributed by atoms with Crippen LogP contribution in [0.3, 0.4) is 0 Å². The summed E-state index contributed by atoms with van der Waals surface area (Å²) in [4.78, 5) is 24.2. The summed E-state index contributed by atoms with van der Waals surface area (Å²) >= 11 is 0. The second-order valence-corrected chi connectivity index (χ2v) is 7.83. The Kier molecular flexibility index (Phi) is 8.26. The van der Waals surface area contributed by atoms with Gasteiger partial charge in [-0.15, -0.1) is 0 Å². The van der Waals surface area contributed by atoms with E-state index in [0.717, 1.165) is 36.6 Å². The molecule has 2 rings (SSSR count). The van der Waals surface area contributed by atoms with E-state index in [1.54, 1.807) is 12.1 Å². The number of rotatable bonds is 11. The summed E-state index contributed by atoms with van der Waals surface area (Å²) in [6, 6.07) is 2.58. The van der Waals surface area contributed by atoms with Crippen molar-refractivity contribution in [3.8, 4) is 5.75 Å². The molecular formula is C23H33NO5. The second-order valence-electron chi connectivity index (χ2n) is 7.83. The zero-order valence-corrected chi connectivity index (χ0v) is 17.9. The molecule has 6 heteroatoms. The number of phenolic OH excluding ortho intramolecular Hbond substituents is 1. The highest BCUT2D eigenvalue weighted by atomic mass is 16.4. The Balaban J connectivity index is 2.37. The van der Waals surface area contributed by atoms with Crippen LogP contribution in [-0.2, 0) is 17.8 Å². The summed E-state index contributed by atoms with van der Waals surface area (Å²) < 4.78 is 5.62. The zero-order chi connectivity index (χ0) is 21.6. The Morgan fingerprint density at radius 1 is 1.17 bits per heavy atom. The van der Waals surface area contributed by atoms with Gasteiger partial charge < -0.3 is 14.6 Å². The van der Waals surface area contributed by atoms with E-state index in [1.165, 1.54) is 0 Å². The molecule has 160 valence electrons. The third kappa shape index (κ3) is 5.38. The van der Waals surface area contributed by atoms with E-state index in [0.29, 0.717) is 29.6 Å². The highest BCUT2D eigenvalue weighted by molar-refractivity contribution is 5.85. The van der Waals surface area contributed by atoms with Crippen molar-refractivity contribution in [1.29, 1.82) is 0 Å². The minimum Gasteiger partial charge on any atom is -0.507 e. The number of unbranched alkanes of at least 4 members (excludes halogenated alkanes) is 3. The number of hydrogen-bond acceptors (Lipinski definition) is 5. The number of carbonyl (C=O) groups is 1. The number of nitrogens with one attached hydrogen (secondary N) is 1. The predicted octanol–water partition coefficient (Wildman–Crippen LogP) is 4.52. The van der Waals surface area contributed by atoms with Crippen molar-refractivity contribution in [2.24, 2.45) is 5.92 Å². The monoisotopic (exact) mass is 403 g/mol. The van der Waals surface area contributed by atoms with Crippen LogP contribution >= 0.6 is 0 Å². The third-order valence-corrected chi connectivity index (χ3v) is 5.79. The molecule has 1 aromatic carbocycles. The van der Waals surface area contributed by atoms with Crippen molar-refractivity contribution in [2.45, 2.75) is 78.8 Å². The fourth-order valence-corrected chi connectivity index (χ4v) is 3.67. The van der Waals surface area contributed by atoms with E-state index < -0.39 is 12.0 Å². The Morgan fingerprint density at radius 3 is 2.52 bits per heavy atom. The van der Waals surface area contributed by atoms with Gasteiger partial charge in [0.25, 0.3) is 0 Å². The molecule has 1 aromatic heterocycles. The SMILES string of the molecule is CCCCCCc1c(C)c2ccc(O)c(CN[C@H](C(=O)O)C(C)CC)c2oc1=O. The summed E-state index contributed by atoms with van der Waals surface area (Å²) in [5.41, 5.74) is 1.90. The largest absolute Gasteiger partial charge is 0.507 e. The van der Waals surface area contributed by atoms with Gasteiger partial charge in [-0.1, -0.05) is 46.5 Å². The van der Waals surface area contributed by atoms with Gasteiger partial charge in [0.1, 0.15) is 17.4 Å². The Labute approximate surface area is 171 Å². The van der Waals surface area contributed by atoms with Crippen LogP contribution in [0.1, 0.15) is 69.6 Å². The molecule has 2 atom stereocenters. The molecule has 0 aliphatic heterocycles. The molecule has 0 saturated carbocycles. The number of benzene rings is 1. The third-order valence-electron chi connectivity index (χ3n) is 5.79. The maximum absolute atomic E-state index is 12.6. The van der Waals surface area contributed by atoms with Gasteiger partial charge in [-0.2, -0.15) is 0 Å². The Morgan fingerprint density at radius 2 is 1.90 bits per heavy atom. The van der Waals surface area contributed by atoms with Crippen LogP contribution in [0.25, 0.3) is 11.0 Å². The van der Waals surface area contributed by atoms with E-state index in [4.69, 9.17) is 4.42 Å². The lowest BCUT2D eigenvalue weighted by molar-refractivity contribution is -0.140. The molecule has 0 aliphatic carbocycles. The number of carboxylic acid groups (broad SMARTS) is 1. The van der Waals surface area contributed by atoms with Crippen molar-refractivity contribution in [3.05, 3.63) is 39.2 Å². The topological polar surface area (TPSA) is 99.8 Å². The molecule has 3 N–H and O–H groups in total. The lowest BCUT2D eigenvalue weighted by Crippen LogP contribution is -2.41. The van der Waals surface area contributed by atoms with Gasteiger partial charge in [-0.05, 0) is 43.4 Å². The minimum atomic E-state index is -0.939. The molecule has 1 heterocycles. The van der Waals surface area contributed by atoms with Gasteiger partial charge in [0.2, 0.25) is 0 Å². The average molecular weight is 404 g/mol.